The number of rotatable bonds is 7. The summed E-state index contributed by atoms with van der Waals surface area (Å²) in [7, 11) is -0.315. The quantitative estimate of drug-likeness (QED) is 0.551. The van der Waals surface area contributed by atoms with E-state index in [1.54, 1.807) is 62.8 Å². The van der Waals surface area contributed by atoms with Crippen molar-refractivity contribution in [2.24, 2.45) is 5.10 Å². The highest BCUT2D eigenvalue weighted by molar-refractivity contribution is 7.92. The van der Waals surface area contributed by atoms with Crippen molar-refractivity contribution in [3.63, 3.8) is 0 Å². The molecule has 1 amide bonds. The number of anilines is 1. The van der Waals surface area contributed by atoms with Crippen molar-refractivity contribution in [2.75, 3.05) is 25.2 Å². The molecule has 0 aliphatic carbocycles. The van der Waals surface area contributed by atoms with Gasteiger partial charge in [-0.15, -0.1) is 0 Å². The zero-order valence-electron chi connectivity index (χ0n) is 19.1. The van der Waals surface area contributed by atoms with Crippen LogP contribution in [0.2, 0.25) is 0 Å². The lowest BCUT2D eigenvalue weighted by atomic mass is 9.96. The fraction of sp³-hybridized carbons (Fsp3) is 0.200. The molecule has 0 spiro atoms. The van der Waals surface area contributed by atoms with Crippen LogP contribution in [0.4, 0.5) is 5.69 Å². The molecule has 1 heterocycles. The van der Waals surface area contributed by atoms with E-state index >= 15 is 0 Å². The smallest absolute Gasteiger partial charge is 0.274 e. The number of sulfonamides is 1. The molecule has 0 fully saturated rings. The lowest BCUT2D eigenvalue weighted by Crippen LogP contribution is -2.27. The second-order valence-electron chi connectivity index (χ2n) is 7.82. The molecule has 34 heavy (non-hydrogen) atoms. The van der Waals surface area contributed by atoms with Gasteiger partial charge in [0.2, 0.25) is 10.0 Å². The average Bonchev–Trinajstić information content (AvgIpc) is 3.28. The molecule has 176 valence electrons. The van der Waals surface area contributed by atoms with Crippen LogP contribution in [0.15, 0.2) is 77.9 Å². The average molecular weight is 480 g/mol. The van der Waals surface area contributed by atoms with Gasteiger partial charge >= 0.3 is 0 Å². The van der Waals surface area contributed by atoms with E-state index < -0.39 is 16.1 Å². The fourth-order valence-corrected chi connectivity index (χ4v) is 4.53. The summed E-state index contributed by atoms with van der Waals surface area (Å²) in [6.45, 7) is 0. The largest absolute Gasteiger partial charge is 0.493 e. The van der Waals surface area contributed by atoms with Crippen LogP contribution in [-0.4, -0.2) is 45.5 Å². The van der Waals surface area contributed by atoms with Gasteiger partial charge in [0.05, 0.1) is 32.2 Å². The monoisotopic (exact) mass is 479 g/mol. The number of carbonyl (C=O) groups excluding carboxylic acids is 1. The van der Waals surface area contributed by atoms with Crippen LogP contribution in [0.3, 0.4) is 0 Å². The summed E-state index contributed by atoms with van der Waals surface area (Å²) < 4.78 is 36.9. The lowest BCUT2D eigenvalue weighted by Gasteiger charge is -2.24. The van der Waals surface area contributed by atoms with Gasteiger partial charge in [0.25, 0.3) is 5.91 Å². The molecule has 9 heteroatoms. The number of hydrogen-bond acceptors (Lipinski definition) is 6. The Bertz CT molecular complexity index is 1340. The number of ether oxygens (including phenoxy) is 2. The van der Waals surface area contributed by atoms with Crippen LogP contribution in [0.5, 0.6) is 11.5 Å². The first kappa shape index (κ1) is 23.3. The highest BCUT2D eigenvalue weighted by Crippen LogP contribution is 2.42. The number of amides is 1. The van der Waals surface area contributed by atoms with E-state index in [1.165, 1.54) is 5.01 Å². The third-order valence-corrected chi connectivity index (χ3v) is 6.04. The molecule has 1 aliphatic heterocycles. The maximum Gasteiger partial charge on any atom is 0.274 e. The van der Waals surface area contributed by atoms with Gasteiger partial charge in [-0.05, 0) is 35.9 Å². The summed E-state index contributed by atoms with van der Waals surface area (Å²) in [6, 6.07) is 21.0. The van der Waals surface area contributed by atoms with Gasteiger partial charge in [0, 0.05) is 23.2 Å². The molecule has 0 saturated carbocycles. The number of benzene rings is 3. The van der Waals surface area contributed by atoms with E-state index in [4.69, 9.17) is 9.47 Å². The molecule has 8 nitrogen and oxygen atoms in total. The Morgan fingerprint density at radius 2 is 1.74 bits per heavy atom. The van der Waals surface area contributed by atoms with Crippen molar-refractivity contribution in [2.45, 2.75) is 12.5 Å². The van der Waals surface area contributed by atoms with E-state index in [2.05, 4.69) is 9.82 Å². The van der Waals surface area contributed by atoms with Crippen LogP contribution in [-0.2, 0) is 10.0 Å². The molecule has 1 N–H and O–H groups in total. The van der Waals surface area contributed by atoms with E-state index in [-0.39, 0.29) is 5.91 Å². The zero-order chi connectivity index (χ0) is 24.3. The Morgan fingerprint density at radius 3 is 2.41 bits per heavy atom. The topological polar surface area (TPSA) is 97.3 Å². The van der Waals surface area contributed by atoms with Crippen LogP contribution < -0.4 is 14.2 Å². The molecule has 4 rings (SSSR count). The third kappa shape index (κ3) is 4.89. The summed E-state index contributed by atoms with van der Waals surface area (Å²) in [4.78, 5) is 13.5. The molecule has 0 unspecified atom stereocenters. The molecule has 1 atom stereocenters. The van der Waals surface area contributed by atoms with Crippen molar-refractivity contribution in [3.8, 4) is 11.5 Å². The fourth-order valence-electron chi connectivity index (χ4n) is 3.98. The predicted molar refractivity (Wildman–Crippen MR) is 131 cm³/mol. The van der Waals surface area contributed by atoms with Crippen LogP contribution in [0, 0.1) is 0 Å². The number of carbonyl (C=O) groups is 1. The van der Waals surface area contributed by atoms with Gasteiger partial charge in [-0.2, -0.15) is 5.10 Å². The van der Waals surface area contributed by atoms with E-state index in [1.807, 2.05) is 24.3 Å². The SMILES string of the molecule is COc1cccc([C@@H]2CC(c3cccc(NS(C)(=O)=O)c3)=NN2C(=O)c2ccccc2)c1OC. The van der Waals surface area contributed by atoms with Gasteiger partial charge in [-0.1, -0.05) is 42.5 Å². The van der Waals surface area contributed by atoms with Crippen molar-refractivity contribution in [1.82, 2.24) is 5.01 Å². The van der Waals surface area contributed by atoms with Gasteiger partial charge in [0.1, 0.15) is 0 Å². The molecule has 0 bridgehead atoms. The molecule has 0 radical (unpaired) electrons. The van der Waals surface area contributed by atoms with Crippen molar-refractivity contribution >= 4 is 27.3 Å². The van der Waals surface area contributed by atoms with Gasteiger partial charge in [-0.3, -0.25) is 9.52 Å². The number of nitrogens with one attached hydrogen (secondary N) is 1. The maximum absolute atomic E-state index is 13.5. The third-order valence-electron chi connectivity index (χ3n) is 5.43. The number of hydrogen-bond donors (Lipinski definition) is 1. The molecular formula is C25H25N3O5S. The van der Waals surface area contributed by atoms with Gasteiger partial charge in [-0.25, -0.2) is 13.4 Å². The Labute approximate surface area is 198 Å². The summed E-state index contributed by atoms with van der Waals surface area (Å²) in [5.41, 5.74) is 3.05. The number of hydrazone groups is 1. The van der Waals surface area contributed by atoms with Crippen molar-refractivity contribution in [3.05, 3.63) is 89.5 Å². The molecule has 3 aromatic carbocycles. The minimum absolute atomic E-state index is 0.254. The van der Waals surface area contributed by atoms with E-state index in [0.717, 1.165) is 11.8 Å². The van der Waals surface area contributed by atoms with E-state index in [0.29, 0.717) is 40.4 Å². The minimum atomic E-state index is -3.43. The second kappa shape index (κ2) is 9.56. The second-order valence-corrected chi connectivity index (χ2v) is 9.57. The van der Waals surface area contributed by atoms with Crippen molar-refractivity contribution in [1.29, 1.82) is 0 Å². The highest BCUT2D eigenvalue weighted by Gasteiger charge is 2.36. The summed E-state index contributed by atoms with van der Waals surface area (Å²) in [5, 5.41) is 6.14. The first-order valence-corrected chi connectivity index (χ1v) is 12.4. The number of methoxy groups -OCH3 is 2. The van der Waals surface area contributed by atoms with Crippen LogP contribution in [0.1, 0.15) is 33.9 Å². The van der Waals surface area contributed by atoms with Gasteiger partial charge in [0.15, 0.2) is 11.5 Å². The summed E-state index contributed by atoms with van der Waals surface area (Å²) >= 11 is 0. The molecule has 0 aromatic heterocycles. The van der Waals surface area contributed by atoms with E-state index in [9.17, 15) is 13.2 Å². The first-order chi connectivity index (χ1) is 16.3. The van der Waals surface area contributed by atoms with Gasteiger partial charge < -0.3 is 9.47 Å². The Morgan fingerprint density at radius 1 is 1.00 bits per heavy atom. The molecule has 0 saturated heterocycles. The Kier molecular flexibility index (Phi) is 6.56. The Balaban J connectivity index is 1.78. The van der Waals surface area contributed by atoms with Crippen molar-refractivity contribution < 1.29 is 22.7 Å². The predicted octanol–water partition coefficient (Wildman–Crippen LogP) is 4.07. The molecule has 3 aromatic rings. The Hall–Kier alpha value is -3.85. The minimum Gasteiger partial charge on any atom is -0.493 e. The highest BCUT2D eigenvalue weighted by atomic mass is 32.2. The number of nitrogens with zero attached hydrogens (tertiary/aromatic N) is 2. The first-order valence-electron chi connectivity index (χ1n) is 10.6. The summed E-state index contributed by atoms with van der Waals surface area (Å²) in [5.74, 6) is 0.834. The van der Waals surface area contributed by atoms with Crippen LogP contribution >= 0.6 is 0 Å². The normalized spacial score (nSPS) is 15.6. The van der Waals surface area contributed by atoms with Crippen LogP contribution in [0.25, 0.3) is 0 Å². The zero-order valence-corrected chi connectivity index (χ0v) is 19.9. The molecular weight excluding hydrogens is 454 g/mol. The summed E-state index contributed by atoms with van der Waals surface area (Å²) in [6.07, 6.45) is 1.50. The maximum atomic E-state index is 13.5. The standard InChI is InChI=1S/C25H25N3O5S/c1-32-23-14-8-13-20(24(23)33-2)22-16-21(18-11-7-12-19(15-18)27-34(3,30)31)26-28(22)25(29)17-9-5-4-6-10-17/h4-15,22,27H,16H2,1-3H3/t22-/m0/s1. The molecule has 1 aliphatic rings. The lowest BCUT2D eigenvalue weighted by molar-refractivity contribution is 0.0709. The number of para-hydroxylation sites is 1.